The Labute approximate surface area is 165 Å². The lowest BCUT2D eigenvalue weighted by atomic mass is 9.74. The highest BCUT2D eigenvalue weighted by atomic mass is 32.1. The smallest absolute Gasteiger partial charge is 0.119 e. The summed E-state index contributed by atoms with van der Waals surface area (Å²) in [5.41, 5.74) is 0.830. The van der Waals surface area contributed by atoms with Crippen LogP contribution in [-0.2, 0) is 0 Å². The molecule has 26 heavy (non-hydrogen) atoms. The van der Waals surface area contributed by atoms with Crippen LogP contribution < -0.4 is 4.74 Å². The molecule has 144 valence electrons. The first-order chi connectivity index (χ1) is 12.8. The lowest BCUT2D eigenvalue weighted by Crippen LogP contribution is -2.20. The molecule has 1 aromatic rings. The quantitative estimate of drug-likeness (QED) is 0.212. The van der Waals surface area contributed by atoms with Gasteiger partial charge in [-0.1, -0.05) is 71.1 Å². The molecule has 0 aromatic heterocycles. The van der Waals surface area contributed by atoms with Gasteiger partial charge in [0.1, 0.15) is 5.75 Å². The van der Waals surface area contributed by atoms with Crippen molar-refractivity contribution in [1.82, 2.24) is 0 Å². The number of hydrogen-bond donors (Lipinski definition) is 0. The Kier molecular flexibility index (Phi) is 10.6. The molecule has 0 saturated heterocycles. The maximum atomic E-state index is 5.90. The minimum atomic E-state index is 0.815. The molecule has 0 spiro atoms. The second-order valence-electron chi connectivity index (χ2n) is 7.70. The highest BCUT2D eigenvalue weighted by Crippen LogP contribution is 2.36. The van der Waals surface area contributed by atoms with Gasteiger partial charge in [-0.25, -0.2) is 0 Å². The number of unbranched alkanes of at least 4 members (excludes halogenated alkanes) is 4. The zero-order valence-corrected chi connectivity index (χ0v) is 17.2. The van der Waals surface area contributed by atoms with Gasteiger partial charge in [0.25, 0.3) is 0 Å². The monoisotopic (exact) mass is 373 g/mol. The van der Waals surface area contributed by atoms with Gasteiger partial charge in [-0.05, 0) is 61.2 Å². The number of aliphatic imine (C=N–C) groups is 1. The summed E-state index contributed by atoms with van der Waals surface area (Å²) < 4.78 is 5.90. The Morgan fingerprint density at radius 1 is 0.962 bits per heavy atom. The summed E-state index contributed by atoms with van der Waals surface area (Å²) in [4.78, 5) is 3.96. The summed E-state index contributed by atoms with van der Waals surface area (Å²) in [6, 6.07) is 7.77. The first-order valence-corrected chi connectivity index (χ1v) is 11.0. The molecule has 1 aromatic carbocycles. The van der Waals surface area contributed by atoms with Crippen molar-refractivity contribution in [3.63, 3.8) is 0 Å². The number of thiocarbonyl (C=S) groups is 1. The van der Waals surface area contributed by atoms with Crippen LogP contribution in [0.5, 0.6) is 5.75 Å². The summed E-state index contributed by atoms with van der Waals surface area (Å²) in [6.45, 7) is 3.11. The van der Waals surface area contributed by atoms with Crippen LogP contribution in [0.15, 0.2) is 29.3 Å². The molecule has 2 atom stereocenters. The second-order valence-corrected chi connectivity index (χ2v) is 7.88. The Morgan fingerprint density at radius 2 is 1.62 bits per heavy atom. The van der Waals surface area contributed by atoms with Crippen molar-refractivity contribution in [2.45, 2.75) is 84.0 Å². The number of rotatable bonds is 12. The molecule has 0 heterocycles. The van der Waals surface area contributed by atoms with Crippen molar-refractivity contribution >= 4 is 23.1 Å². The summed E-state index contributed by atoms with van der Waals surface area (Å²) in [5.74, 6) is 2.82. The number of isothiocyanates is 1. The predicted molar refractivity (Wildman–Crippen MR) is 115 cm³/mol. The number of ether oxygens (including phenoxy) is 1. The molecule has 1 saturated carbocycles. The SMILES string of the molecule is CCCCCCCC1CCCCC1CCCOc1ccc(N=C=S)cc1. The highest BCUT2D eigenvalue weighted by molar-refractivity contribution is 7.78. The molecule has 1 aliphatic carbocycles. The van der Waals surface area contributed by atoms with Crippen molar-refractivity contribution in [2.24, 2.45) is 16.8 Å². The molecule has 0 N–H and O–H groups in total. The molecule has 0 bridgehead atoms. The first kappa shape index (κ1) is 21.1. The fourth-order valence-corrected chi connectivity index (χ4v) is 4.37. The van der Waals surface area contributed by atoms with Crippen LogP contribution >= 0.6 is 12.2 Å². The van der Waals surface area contributed by atoms with Gasteiger partial charge in [-0.15, -0.1) is 0 Å². The average molecular weight is 374 g/mol. The van der Waals surface area contributed by atoms with E-state index in [1.54, 1.807) is 0 Å². The van der Waals surface area contributed by atoms with Crippen molar-refractivity contribution in [1.29, 1.82) is 0 Å². The van der Waals surface area contributed by atoms with Gasteiger partial charge >= 0.3 is 0 Å². The van der Waals surface area contributed by atoms with Gasteiger partial charge in [0.15, 0.2) is 0 Å². The fraction of sp³-hybridized carbons (Fsp3) is 0.696. The Hall–Kier alpha value is -1.18. The first-order valence-electron chi connectivity index (χ1n) is 10.6. The maximum absolute atomic E-state index is 5.90. The van der Waals surface area contributed by atoms with Gasteiger partial charge in [0.05, 0.1) is 17.5 Å². The van der Waals surface area contributed by atoms with Crippen LogP contribution in [0.2, 0.25) is 0 Å². The lowest BCUT2D eigenvalue weighted by Gasteiger charge is -2.31. The molecule has 2 rings (SSSR count). The van der Waals surface area contributed by atoms with Gasteiger partial charge in [0.2, 0.25) is 0 Å². The molecule has 2 nitrogen and oxygen atoms in total. The lowest BCUT2D eigenvalue weighted by molar-refractivity contribution is 0.190. The van der Waals surface area contributed by atoms with Crippen molar-refractivity contribution < 1.29 is 4.74 Å². The van der Waals surface area contributed by atoms with Crippen LogP contribution in [0.25, 0.3) is 0 Å². The molecule has 1 aliphatic rings. The van der Waals surface area contributed by atoms with Crippen LogP contribution in [0.1, 0.15) is 84.0 Å². The van der Waals surface area contributed by atoms with E-state index < -0.39 is 0 Å². The molecular formula is C23H35NOS. The Bertz CT molecular complexity index is 536. The summed E-state index contributed by atoms with van der Waals surface area (Å²) in [6.07, 6.45) is 16.8. The van der Waals surface area contributed by atoms with E-state index in [0.717, 1.165) is 36.3 Å². The molecule has 0 radical (unpaired) electrons. The third kappa shape index (κ3) is 8.01. The largest absolute Gasteiger partial charge is 0.494 e. The van der Waals surface area contributed by atoms with Crippen LogP contribution in [0, 0.1) is 11.8 Å². The zero-order chi connectivity index (χ0) is 18.5. The fourth-order valence-electron chi connectivity index (χ4n) is 4.26. The standard InChI is InChI=1S/C23H35NOS/c1-2-3-4-5-6-10-20-11-7-8-12-21(20)13-9-18-25-23-16-14-22(15-17-23)24-19-26/h14-17,20-21H,2-13,18H2,1H3. The van der Waals surface area contributed by atoms with E-state index in [0.29, 0.717) is 0 Å². The van der Waals surface area contributed by atoms with Gasteiger partial charge in [-0.3, -0.25) is 0 Å². The summed E-state index contributed by atoms with van der Waals surface area (Å²) in [5, 5.41) is 2.39. The maximum Gasteiger partial charge on any atom is 0.119 e. The molecule has 2 unspecified atom stereocenters. The van der Waals surface area contributed by atoms with Gasteiger partial charge in [0, 0.05) is 0 Å². The molecule has 0 aliphatic heterocycles. The number of nitrogens with zero attached hydrogens (tertiary/aromatic N) is 1. The van der Waals surface area contributed by atoms with Crippen LogP contribution in [-0.4, -0.2) is 11.8 Å². The number of hydrogen-bond acceptors (Lipinski definition) is 3. The van der Waals surface area contributed by atoms with E-state index in [-0.39, 0.29) is 0 Å². The topological polar surface area (TPSA) is 21.6 Å². The van der Waals surface area contributed by atoms with Gasteiger partial charge < -0.3 is 4.74 Å². The van der Waals surface area contributed by atoms with E-state index in [4.69, 9.17) is 4.74 Å². The van der Waals surface area contributed by atoms with E-state index in [1.165, 1.54) is 70.6 Å². The van der Waals surface area contributed by atoms with Crippen molar-refractivity contribution in [3.8, 4) is 5.75 Å². The Morgan fingerprint density at radius 3 is 2.27 bits per heavy atom. The third-order valence-corrected chi connectivity index (χ3v) is 5.84. The molecule has 0 amide bonds. The van der Waals surface area contributed by atoms with E-state index in [1.807, 2.05) is 24.3 Å². The van der Waals surface area contributed by atoms with E-state index in [2.05, 4.69) is 29.3 Å². The van der Waals surface area contributed by atoms with Crippen molar-refractivity contribution in [2.75, 3.05) is 6.61 Å². The Balaban J connectivity index is 1.65. The predicted octanol–water partition coefficient (Wildman–Crippen LogP) is 7.75. The minimum Gasteiger partial charge on any atom is -0.494 e. The van der Waals surface area contributed by atoms with Gasteiger partial charge in [-0.2, -0.15) is 4.99 Å². The second kappa shape index (κ2) is 13.1. The number of benzene rings is 1. The normalized spacial score (nSPS) is 19.7. The molecule has 3 heteroatoms. The van der Waals surface area contributed by atoms with Crippen LogP contribution in [0.3, 0.4) is 0 Å². The van der Waals surface area contributed by atoms with E-state index in [9.17, 15) is 0 Å². The van der Waals surface area contributed by atoms with E-state index >= 15 is 0 Å². The van der Waals surface area contributed by atoms with Crippen molar-refractivity contribution in [3.05, 3.63) is 24.3 Å². The third-order valence-electron chi connectivity index (χ3n) is 5.74. The summed E-state index contributed by atoms with van der Waals surface area (Å²) in [7, 11) is 0. The van der Waals surface area contributed by atoms with Crippen LogP contribution in [0.4, 0.5) is 5.69 Å². The minimum absolute atomic E-state index is 0.815. The molecular weight excluding hydrogens is 338 g/mol. The average Bonchev–Trinajstić information content (AvgIpc) is 2.67. The molecule has 1 fully saturated rings. The zero-order valence-electron chi connectivity index (χ0n) is 16.4. The summed E-state index contributed by atoms with van der Waals surface area (Å²) >= 11 is 4.62. The highest BCUT2D eigenvalue weighted by Gasteiger charge is 2.24.